The molecule has 0 aliphatic rings. The summed E-state index contributed by atoms with van der Waals surface area (Å²) in [7, 11) is 3.24. The Morgan fingerprint density at radius 2 is 1.61 bits per heavy atom. The van der Waals surface area contributed by atoms with Gasteiger partial charge in [-0.3, -0.25) is 9.36 Å². The van der Waals surface area contributed by atoms with Gasteiger partial charge < -0.3 is 14.8 Å². The Kier molecular flexibility index (Phi) is 10.2. The number of nitrogens with zero attached hydrogens (tertiary/aromatic N) is 3. The van der Waals surface area contributed by atoms with E-state index in [1.165, 1.54) is 5.56 Å². The standard InChI is InChI=1S/C30H34N4O3S/c1-36-26-17-16-24(21-27(26)37-2)18-19-31-29(35)15-9-10-20-38-30-33-32-28(22-23-11-5-3-6-12-23)34(30)25-13-7-4-8-14-25/h3-8,11-14,16-17,21H,9-10,15,18-20,22H2,1-2H3,(H,31,35). The Bertz CT molecular complexity index is 1300. The van der Waals surface area contributed by atoms with Gasteiger partial charge in [0.1, 0.15) is 5.82 Å². The first-order valence-electron chi connectivity index (χ1n) is 12.8. The van der Waals surface area contributed by atoms with Crippen LogP contribution in [-0.2, 0) is 17.6 Å². The van der Waals surface area contributed by atoms with Crippen molar-refractivity contribution in [3.63, 3.8) is 0 Å². The van der Waals surface area contributed by atoms with Crippen LogP contribution in [0.3, 0.4) is 0 Å². The van der Waals surface area contributed by atoms with Gasteiger partial charge in [-0.1, -0.05) is 66.4 Å². The van der Waals surface area contributed by atoms with Gasteiger partial charge in [-0.15, -0.1) is 10.2 Å². The molecule has 3 aromatic carbocycles. The van der Waals surface area contributed by atoms with Crippen LogP contribution in [0.15, 0.2) is 84.0 Å². The number of aromatic nitrogens is 3. The zero-order chi connectivity index (χ0) is 26.6. The number of para-hydroxylation sites is 1. The maximum Gasteiger partial charge on any atom is 0.220 e. The lowest BCUT2D eigenvalue weighted by Crippen LogP contribution is -2.25. The summed E-state index contributed by atoms with van der Waals surface area (Å²) in [5.74, 6) is 3.26. The summed E-state index contributed by atoms with van der Waals surface area (Å²) in [4.78, 5) is 12.3. The number of hydrogen-bond acceptors (Lipinski definition) is 6. The molecule has 0 saturated carbocycles. The number of carbonyl (C=O) groups is 1. The van der Waals surface area contributed by atoms with Crippen LogP contribution in [0, 0.1) is 0 Å². The lowest BCUT2D eigenvalue weighted by Gasteiger charge is -2.11. The summed E-state index contributed by atoms with van der Waals surface area (Å²) in [6.07, 6.45) is 3.71. The van der Waals surface area contributed by atoms with Gasteiger partial charge in [0.2, 0.25) is 5.91 Å². The van der Waals surface area contributed by atoms with E-state index in [1.54, 1.807) is 26.0 Å². The van der Waals surface area contributed by atoms with E-state index in [0.29, 0.717) is 30.9 Å². The molecule has 0 radical (unpaired) electrons. The van der Waals surface area contributed by atoms with E-state index in [9.17, 15) is 4.79 Å². The molecule has 0 fully saturated rings. The monoisotopic (exact) mass is 530 g/mol. The summed E-state index contributed by atoms with van der Waals surface area (Å²) in [5, 5.41) is 12.9. The summed E-state index contributed by atoms with van der Waals surface area (Å²) in [6, 6.07) is 26.4. The second kappa shape index (κ2) is 14.2. The fourth-order valence-electron chi connectivity index (χ4n) is 4.14. The van der Waals surface area contributed by atoms with Crippen LogP contribution < -0.4 is 14.8 Å². The normalized spacial score (nSPS) is 10.8. The molecule has 0 spiro atoms. The van der Waals surface area contributed by atoms with E-state index in [0.717, 1.165) is 47.2 Å². The molecule has 0 unspecified atom stereocenters. The average Bonchev–Trinajstić information content (AvgIpc) is 3.35. The van der Waals surface area contributed by atoms with Crippen LogP contribution in [0.5, 0.6) is 11.5 Å². The van der Waals surface area contributed by atoms with Gasteiger partial charge in [0, 0.05) is 30.8 Å². The van der Waals surface area contributed by atoms with Crippen LogP contribution in [0.1, 0.15) is 36.2 Å². The van der Waals surface area contributed by atoms with Crippen LogP contribution in [0.2, 0.25) is 0 Å². The SMILES string of the molecule is COc1ccc(CCNC(=O)CCCCSc2nnc(Cc3ccccc3)n2-c2ccccc2)cc1OC. The zero-order valence-electron chi connectivity index (χ0n) is 21.9. The number of thioether (sulfide) groups is 1. The molecular formula is C30H34N4O3S. The first-order chi connectivity index (χ1) is 18.7. The first kappa shape index (κ1) is 27.3. The van der Waals surface area contributed by atoms with Crippen LogP contribution >= 0.6 is 11.8 Å². The van der Waals surface area contributed by atoms with Crippen molar-refractivity contribution in [3.8, 4) is 17.2 Å². The fourth-order valence-corrected chi connectivity index (χ4v) is 5.11. The summed E-state index contributed by atoms with van der Waals surface area (Å²) >= 11 is 1.68. The van der Waals surface area contributed by atoms with E-state index in [4.69, 9.17) is 9.47 Å². The van der Waals surface area contributed by atoms with Crippen LogP contribution in [0.4, 0.5) is 0 Å². The second-order valence-electron chi connectivity index (χ2n) is 8.83. The van der Waals surface area contributed by atoms with Gasteiger partial charge in [0.15, 0.2) is 16.7 Å². The predicted octanol–water partition coefficient (Wildman–Crippen LogP) is 5.50. The van der Waals surface area contributed by atoms with Crippen molar-refractivity contribution in [2.75, 3.05) is 26.5 Å². The molecule has 1 heterocycles. The van der Waals surface area contributed by atoms with Gasteiger partial charge in [0.05, 0.1) is 14.2 Å². The van der Waals surface area contributed by atoms with E-state index >= 15 is 0 Å². The number of carbonyl (C=O) groups excluding carboxylic acids is 1. The molecule has 0 atom stereocenters. The lowest BCUT2D eigenvalue weighted by atomic mass is 10.1. The maximum atomic E-state index is 12.3. The number of methoxy groups -OCH3 is 2. The molecule has 4 aromatic rings. The zero-order valence-corrected chi connectivity index (χ0v) is 22.7. The third-order valence-electron chi connectivity index (χ3n) is 6.13. The minimum Gasteiger partial charge on any atom is -0.493 e. The third kappa shape index (κ3) is 7.61. The fraction of sp³-hybridized carbons (Fsp3) is 0.300. The molecule has 8 heteroatoms. The minimum absolute atomic E-state index is 0.0769. The Labute approximate surface area is 228 Å². The van der Waals surface area contributed by atoms with E-state index < -0.39 is 0 Å². The topological polar surface area (TPSA) is 78.3 Å². The Hall–Kier alpha value is -3.78. The number of rotatable bonds is 14. The lowest BCUT2D eigenvalue weighted by molar-refractivity contribution is -0.121. The van der Waals surface area contributed by atoms with Gasteiger partial charge >= 0.3 is 0 Å². The predicted molar refractivity (Wildman–Crippen MR) is 151 cm³/mol. The maximum absolute atomic E-state index is 12.3. The first-order valence-corrected chi connectivity index (χ1v) is 13.8. The van der Waals surface area contributed by atoms with Crippen molar-refractivity contribution in [1.82, 2.24) is 20.1 Å². The summed E-state index contributed by atoms with van der Waals surface area (Å²) in [5.41, 5.74) is 3.35. The molecule has 0 aliphatic carbocycles. The van der Waals surface area contributed by atoms with Crippen LogP contribution in [0.25, 0.3) is 5.69 Å². The largest absolute Gasteiger partial charge is 0.493 e. The highest BCUT2D eigenvalue weighted by Gasteiger charge is 2.15. The molecular weight excluding hydrogens is 496 g/mol. The van der Waals surface area contributed by atoms with Gasteiger partial charge in [0.25, 0.3) is 0 Å². The highest BCUT2D eigenvalue weighted by molar-refractivity contribution is 7.99. The van der Waals surface area contributed by atoms with Crippen molar-refractivity contribution in [2.45, 2.75) is 37.3 Å². The molecule has 0 saturated heterocycles. The number of ether oxygens (including phenoxy) is 2. The third-order valence-corrected chi connectivity index (χ3v) is 7.15. The highest BCUT2D eigenvalue weighted by atomic mass is 32.2. The van der Waals surface area contributed by atoms with Crippen molar-refractivity contribution in [2.24, 2.45) is 0 Å². The van der Waals surface area contributed by atoms with Crippen molar-refractivity contribution in [1.29, 1.82) is 0 Å². The van der Waals surface area contributed by atoms with Gasteiger partial charge in [-0.05, 0) is 54.7 Å². The summed E-state index contributed by atoms with van der Waals surface area (Å²) in [6.45, 7) is 0.591. The minimum atomic E-state index is 0.0769. The Balaban J connectivity index is 1.23. The summed E-state index contributed by atoms with van der Waals surface area (Å²) < 4.78 is 12.8. The van der Waals surface area contributed by atoms with Crippen molar-refractivity contribution < 1.29 is 14.3 Å². The molecule has 0 aliphatic heterocycles. The smallest absolute Gasteiger partial charge is 0.220 e. The molecule has 7 nitrogen and oxygen atoms in total. The molecule has 38 heavy (non-hydrogen) atoms. The van der Waals surface area contributed by atoms with E-state index in [2.05, 4.69) is 44.3 Å². The van der Waals surface area contributed by atoms with E-state index in [-0.39, 0.29) is 5.91 Å². The number of unbranched alkanes of at least 4 members (excludes halogenated alkanes) is 1. The molecule has 198 valence electrons. The molecule has 1 aromatic heterocycles. The Morgan fingerprint density at radius 1 is 0.868 bits per heavy atom. The Morgan fingerprint density at radius 3 is 2.34 bits per heavy atom. The molecule has 1 N–H and O–H groups in total. The van der Waals surface area contributed by atoms with Gasteiger partial charge in [-0.25, -0.2) is 0 Å². The van der Waals surface area contributed by atoms with Crippen molar-refractivity contribution >= 4 is 17.7 Å². The number of nitrogens with one attached hydrogen (secondary N) is 1. The van der Waals surface area contributed by atoms with Gasteiger partial charge in [-0.2, -0.15) is 0 Å². The van der Waals surface area contributed by atoms with E-state index in [1.807, 2.05) is 54.6 Å². The van der Waals surface area contributed by atoms with Crippen LogP contribution in [-0.4, -0.2) is 47.2 Å². The molecule has 0 bridgehead atoms. The highest BCUT2D eigenvalue weighted by Crippen LogP contribution is 2.28. The number of benzene rings is 3. The van der Waals surface area contributed by atoms with Crippen molar-refractivity contribution in [3.05, 3.63) is 95.8 Å². The number of amides is 1. The number of hydrogen-bond donors (Lipinski definition) is 1. The molecule has 4 rings (SSSR count). The average molecular weight is 531 g/mol. The second-order valence-corrected chi connectivity index (χ2v) is 9.89. The molecule has 1 amide bonds. The quantitative estimate of drug-likeness (QED) is 0.171.